The average Bonchev–Trinajstić information content (AvgIpc) is 2.57. The van der Waals surface area contributed by atoms with Gasteiger partial charge in [-0.05, 0) is 30.2 Å². The number of hydrogen-bond acceptors (Lipinski definition) is 4. The first kappa shape index (κ1) is 17.5. The number of hydrogen-bond donors (Lipinski definition) is 0. The number of allylic oxidation sites excluding steroid dienone is 2. The highest BCUT2D eigenvalue weighted by atomic mass is 35.5. The molecule has 1 aliphatic heterocycles. The van der Waals surface area contributed by atoms with Gasteiger partial charge in [-0.25, -0.2) is 4.99 Å². The minimum absolute atomic E-state index is 0.0711. The number of Topliss-reactive ketones (excluding diaryl/α,β-unsaturated/α-hetero) is 1. The maximum atomic E-state index is 12.6. The second-order valence-electron chi connectivity index (χ2n) is 5.75. The molecule has 0 bridgehead atoms. The van der Waals surface area contributed by atoms with Gasteiger partial charge >= 0.3 is 0 Å². The van der Waals surface area contributed by atoms with Gasteiger partial charge in [0.1, 0.15) is 5.92 Å². The average molecular weight is 379 g/mol. The highest BCUT2D eigenvalue weighted by Gasteiger charge is 2.41. The molecule has 0 radical (unpaired) electrons. The Labute approximate surface area is 155 Å². The van der Waals surface area contributed by atoms with E-state index in [1.807, 2.05) is 19.1 Å². The number of ketones is 1. The number of benzene rings is 1. The first-order valence-electron chi connectivity index (χ1n) is 7.89. The fourth-order valence-corrected chi connectivity index (χ4v) is 4.59. The van der Waals surface area contributed by atoms with Crippen molar-refractivity contribution in [2.75, 3.05) is 5.75 Å². The molecule has 6 heteroatoms. The highest BCUT2D eigenvalue weighted by molar-refractivity contribution is 8.14. The Hall–Kier alpha value is -1.28. The van der Waals surface area contributed by atoms with Crippen molar-refractivity contribution in [1.82, 2.24) is 0 Å². The summed E-state index contributed by atoms with van der Waals surface area (Å²) in [5.41, 5.74) is 2.20. The lowest BCUT2D eigenvalue weighted by atomic mass is 9.74. The van der Waals surface area contributed by atoms with E-state index in [0.717, 1.165) is 34.9 Å². The first-order valence-corrected chi connectivity index (χ1v) is 9.63. The van der Waals surface area contributed by atoms with Gasteiger partial charge in [0.2, 0.25) is 0 Å². The van der Waals surface area contributed by atoms with Crippen molar-refractivity contribution < 1.29 is 4.79 Å². The van der Waals surface area contributed by atoms with Gasteiger partial charge in [0, 0.05) is 23.6 Å². The quantitative estimate of drug-likeness (QED) is 0.692. The van der Waals surface area contributed by atoms with Crippen LogP contribution in [0.2, 0.25) is 10.0 Å². The summed E-state index contributed by atoms with van der Waals surface area (Å²) in [5.74, 6) is -0.00654. The van der Waals surface area contributed by atoms with Gasteiger partial charge in [0.15, 0.2) is 5.78 Å². The van der Waals surface area contributed by atoms with Crippen molar-refractivity contribution in [3.05, 3.63) is 45.1 Å². The fraction of sp³-hybridized carbons (Fsp3) is 0.389. The maximum Gasteiger partial charge on any atom is 0.161 e. The van der Waals surface area contributed by atoms with Crippen LogP contribution in [0, 0.1) is 17.2 Å². The van der Waals surface area contributed by atoms with Gasteiger partial charge < -0.3 is 0 Å². The number of aliphatic imine (C=N–C) groups is 1. The predicted molar refractivity (Wildman–Crippen MR) is 99.8 cm³/mol. The third-order valence-corrected chi connectivity index (χ3v) is 6.10. The summed E-state index contributed by atoms with van der Waals surface area (Å²) < 4.78 is 0. The SMILES string of the molecule is CCSC1=NC2=C(C(=O)CCC2)[C@H](c2cccc(Cl)c2Cl)C1C#N. The van der Waals surface area contributed by atoms with Gasteiger partial charge in [-0.2, -0.15) is 5.26 Å². The zero-order chi connectivity index (χ0) is 17.3. The summed E-state index contributed by atoms with van der Waals surface area (Å²) in [6.07, 6.45) is 2.07. The highest BCUT2D eigenvalue weighted by Crippen LogP contribution is 2.47. The molecule has 24 heavy (non-hydrogen) atoms. The Morgan fingerprint density at radius 3 is 2.88 bits per heavy atom. The second-order valence-corrected chi connectivity index (χ2v) is 7.82. The number of carbonyl (C=O) groups is 1. The topological polar surface area (TPSA) is 53.2 Å². The van der Waals surface area contributed by atoms with Crippen molar-refractivity contribution in [2.45, 2.75) is 32.1 Å². The molecule has 2 atom stereocenters. The fourth-order valence-electron chi connectivity index (χ4n) is 3.32. The van der Waals surface area contributed by atoms with Crippen LogP contribution in [0.4, 0.5) is 0 Å². The molecule has 0 N–H and O–H groups in total. The number of thioether (sulfide) groups is 1. The predicted octanol–water partition coefficient (Wildman–Crippen LogP) is 5.39. The molecule has 1 unspecified atom stereocenters. The zero-order valence-electron chi connectivity index (χ0n) is 13.2. The summed E-state index contributed by atoms with van der Waals surface area (Å²) in [5, 5.41) is 11.4. The van der Waals surface area contributed by atoms with Crippen LogP contribution >= 0.6 is 35.0 Å². The molecule has 2 aliphatic rings. The lowest BCUT2D eigenvalue weighted by molar-refractivity contribution is -0.116. The summed E-state index contributed by atoms with van der Waals surface area (Å²) >= 11 is 14.2. The second kappa shape index (κ2) is 7.31. The molecule has 1 heterocycles. The number of rotatable bonds is 2. The Morgan fingerprint density at radius 2 is 2.17 bits per heavy atom. The zero-order valence-corrected chi connectivity index (χ0v) is 15.5. The van der Waals surface area contributed by atoms with E-state index in [4.69, 9.17) is 23.2 Å². The summed E-state index contributed by atoms with van der Waals surface area (Å²) in [4.78, 5) is 17.3. The molecular formula is C18H16Cl2N2OS. The van der Waals surface area contributed by atoms with Crippen LogP contribution < -0.4 is 0 Å². The molecular weight excluding hydrogens is 363 g/mol. The van der Waals surface area contributed by atoms with Crippen molar-refractivity contribution in [1.29, 1.82) is 5.26 Å². The molecule has 3 rings (SSSR count). The molecule has 124 valence electrons. The lowest BCUT2D eigenvalue weighted by Gasteiger charge is -2.33. The van der Waals surface area contributed by atoms with Gasteiger partial charge in [-0.3, -0.25) is 4.79 Å². The molecule has 0 amide bonds. The van der Waals surface area contributed by atoms with E-state index in [9.17, 15) is 10.1 Å². The van der Waals surface area contributed by atoms with E-state index >= 15 is 0 Å². The van der Waals surface area contributed by atoms with Crippen LogP contribution in [0.15, 0.2) is 34.5 Å². The van der Waals surface area contributed by atoms with Crippen LogP contribution in [0.25, 0.3) is 0 Å². The van der Waals surface area contributed by atoms with Gasteiger partial charge in [0.25, 0.3) is 0 Å². The Morgan fingerprint density at radius 1 is 1.38 bits per heavy atom. The van der Waals surface area contributed by atoms with Gasteiger partial charge in [-0.1, -0.05) is 42.3 Å². The van der Waals surface area contributed by atoms with Crippen molar-refractivity contribution in [3.63, 3.8) is 0 Å². The first-order chi connectivity index (χ1) is 11.6. The molecule has 0 fully saturated rings. The monoisotopic (exact) mass is 378 g/mol. The maximum absolute atomic E-state index is 12.6. The standard InChI is InChI=1S/C18H16Cl2N2OS/c1-2-24-18-11(9-21)15(10-5-3-6-12(19)17(10)20)16-13(22-18)7-4-8-14(16)23/h3,5-6,11,15H,2,4,7-8H2,1H3/t11?,15-/m1/s1. The van der Waals surface area contributed by atoms with E-state index in [1.54, 1.807) is 17.8 Å². The van der Waals surface area contributed by atoms with E-state index in [2.05, 4.69) is 11.1 Å². The molecule has 1 aromatic rings. The van der Waals surface area contributed by atoms with Gasteiger partial charge in [0.05, 0.1) is 21.2 Å². The van der Waals surface area contributed by atoms with Crippen LogP contribution in [-0.4, -0.2) is 16.6 Å². The summed E-state index contributed by atoms with van der Waals surface area (Å²) in [6, 6.07) is 7.73. The lowest BCUT2D eigenvalue weighted by Crippen LogP contribution is -2.31. The van der Waals surface area contributed by atoms with E-state index in [0.29, 0.717) is 22.0 Å². The number of nitriles is 1. The molecule has 0 saturated carbocycles. The third-order valence-electron chi connectivity index (χ3n) is 4.33. The molecule has 0 spiro atoms. The van der Waals surface area contributed by atoms with Crippen LogP contribution in [0.3, 0.4) is 0 Å². The van der Waals surface area contributed by atoms with Crippen molar-refractivity contribution in [3.8, 4) is 6.07 Å². The largest absolute Gasteiger partial charge is 0.294 e. The molecule has 3 nitrogen and oxygen atoms in total. The van der Waals surface area contributed by atoms with Crippen molar-refractivity contribution >= 4 is 45.8 Å². The van der Waals surface area contributed by atoms with E-state index < -0.39 is 11.8 Å². The van der Waals surface area contributed by atoms with E-state index in [1.165, 1.54) is 0 Å². The van der Waals surface area contributed by atoms with Crippen LogP contribution in [0.1, 0.15) is 37.7 Å². The summed E-state index contributed by atoms with van der Waals surface area (Å²) in [7, 11) is 0. The Balaban J connectivity index is 2.22. The molecule has 0 saturated heterocycles. The Kier molecular flexibility index (Phi) is 5.34. The normalized spacial score (nSPS) is 23.6. The Bertz CT molecular complexity index is 795. The smallest absolute Gasteiger partial charge is 0.161 e. The number of halogens is 2. The third kappa shape index (κ3) is 3.01. The molecule has 1 aromatic carbocycles. The number of nitrogens with zero attached hydrogens (tertiary/aromatic N) is 2. The molecule has 0 aromatic heterocycles. The molecule has 1 aliphatic carbocycles. The van der Waals surface area contributed by atoms with Gasteiger partial charge in [-0.15, -0.1) is 11.8 Å². The minimum atomic E-state index is -0.508. The van der Waals surface area contributed by atoms with Crippen molar-refractivity contribution in [2.24, 2.45) is 10.9 Å². The minimum Gasteiger partial charge on any atom is -0.294 e. The van der Waals surface area contributed by atoms with Crippen LogP contribution in [0.5, 0.6) is 0 Å². The van der Waals surface area contributed by atoms with E-state index in [-0.39, 0.29) is 5.78 Å². The number of carbonyl (C=O) groups excluding carboxylic acids is 1. The van der Waals surface area contributed by atoms with Crippen LogP contribution in [-0.2, 0) is 4.79 Å². The summed E-state index contributed by atoms with van der Waals surface area (Å²) in [6.45, 7) is 2.03.